The average Bonchev–Trinajstić information content (AvgIpc) is 3.86. The van der Waals surface area contributed by atoms with Crippen LogP contribution in [0.2, 0.25) is 0 Å². The van der Waals surface area contributed by atoms with Gasteiger partial charge in [-0.25, -0.2) is 4.39 Å². The van der Waals surface area contributed by atoms with Gasteiger partial charge in [0.1, 0.15) is 11.9 Å². The number of carbonyl (C=O) groups is 2. The molecule has 47 heavy (non-hydrogen) atoms. The van der Waals surface area contributed by atoms with Gasteiger partial charge in [-0.3, -0.25) is 14.4 Å². The molecule has 8 heteroatoms. The number of ether oxygens (including phenoxy) is 1. The number of halogens is 2. The van der Waals surface area contributed by atoms with Crippen molar-refractivity contribution in [1.82, 2.24) is 9.88 Å². The molecule has 2 aromatic carbocycles. The average molecular weight is 706 g/mol. The highest BCUT2D eigenvalue weighted by atomic mass is 79.9. The quantitative estimate of drug-likeness (QED) is 0.0917. The summed E-state index contributed by atoms with van der Waals surface area (Å²) in [5, 5.41) is 2.95. The molecule has 0 aliphatic heterocycles. The van der Waals surface area contributed by atoms with E-state index in [2.05, 4.69) is 60.4 Å². The van der Waals surface area contributed by atoms with Crippen molar-refractivity contribution < 1.29 is 18.7 Å². The Labute approximate surface area is 286 Å². The predicted molar refractivity (Wildman–Crippen MR) is 190 cm³/mol. The zero-order valence-corrected chi connectivity index (χ0v) is 29.6. The van der Waals surface area contributed by atoms with Gasteiger partial charge < -0.3 is 14.6 Å². The van der Waals surface area contributed by atoms with Crippen LogP contribution in [0.4, 0.5) is 4.39 Å². The third-order valence-electron chi connectivity index (χ3n) is 8.72. The molecule has 2 atom stereocenters. The van der Waals surface area contributed by atoms with Crippen molar-refractivity contribution in [2.45, 2.75) is 97.1 Å². The molecule has 1 aliphatic rings. The SMILES string of the molecule is C=CCCCCc1cc(C)cc(C)c1-c1cc(C2CC2)c(F)c([C@H](CC(=O)OCC)NC(=O)[C@H](CC=C)n2cc(Br)c(C)cc2=O)c1. The minimum atomic E-state index is -1.03. The number of pyridine rings is 1. The molecular formula is C39H46BrFN2O4. The topological polar surface area (TPSA) is 77.4 Å². The Morgan fingerprint density at radius 1 is 1.09 bits per heavy atom. The number of esters is 1. The number of aryl methyl sites for hydroxylation is 4. The summed E-state index contributed by atoms with van der Waals surface area (Å²) in [7, 11) is 0. The third kappa shape index (κ3) is 8.98. The van der Waals surface area contributed by atoms with E-state index in [-0.39, 0.29) is 36.5 Å². The highest BCUT2D eigenvalue weighted by molar-refractivity contribution is 9.10. The summed E-state index contributed by atoms with van der Waals surface area (Å²) < 4.78 is 23.9. The van der Waals surface area contributed by atoms with Crippen molar-refractivity contribution in [3.8, 4) is 11.1 Å². The molecular weight excluding hydrogens is 659 g/mol. The normalized spacial score (nSPS) is 13.9. The van der Waals surface area contributed by atoms with Crippen LogP contribution in [0.25, 0.3) is 11.1 Å². The van der Waals surface area contributed by atoms with Gasteiger partial charge in [0.15, 0.2) is 0 Å². The summed E-state index contributed by atoms with van der Waals surface area (Å²) in [6.45, 7) is 15.4. The van der Waals surface area contributed by atoms with Gasteiger partial charge in [-0.15, -0.1) is 13.2 Å². The van der Waals surface area contributed by atoms with Gasteiger partial charge in [-0.2, -0.15) is 0 Å². The van der Waals surface area contributed by atoms with Crippen molar-refractivity contribution in [3.63, 3.8) is 0 Å². The van der Waals surface area contributed by atoms with Crippen LogP contribution in [-0.4, -0.2) is 23.1 Å². The second-order valence-electron chi connectivity index (χ2n) is 12.6. The number of hydrogen-bond acceptors (Lipinski definition) is 4. The second-order valence-corrected chi connectivity index (χ2v) is 13.4. The lowest BCUT2D eigenvalue weighted by Gasteiger charge is -2.26. The number of allylic oxidation sites excluding steroid dienone is 2. The zero-order valence-electron chi connectivity index (χ0n) is 28.0. The van der Waals surface area contributed by atoms with Crippen LogP contribution >= 0.6 is 15.9 Å². The number of hydrogen-bond donors (Lipinski definition) is 1. The molecule has 1 fully saturated rings. The van der Waals surface area contributed by atoms with Crippen LogP contribution in [0, 0.1) is 26.6 Å². The standard InChI is InChI=1S/C39H46BrFN2O4/c1-7-10-11-12-14-28-18-24(4)17-26(6)37(28)29-20-30(27-15-16-27)38(41)31(21-29)33(22-36(45)47-9-3)42-39(46)34(13-8-2)43-23-32(40)25(5)19-35(43)44/h7-8,17-21,23,27,33-34H,1-2,9-16,22H2,3-6H3,(H,42,46)/t33-,34-/m0/s1. The van der Waals surface area contributed by atoms with Crippen LogP contribution < -0.4 is 10.9 Å². The first-order chi connectivity index (χ1) is 22.5. The molecule has 0 radical (unpaired) electrons. The minimum Gasteiger partial charge on any atom is -0.466 e. The van der Waals surface area contributed by atoms with Gasteiger partial charge in [0.2, 0.25) is 5.91 Å². The first kappa shape index (κ1) is 36.1. The molecule has 0 spiro atoms. The maximum Gasteiger partial charge on any atom is 0.308 e. The lowest BCUT2D eigenvalue weighted by molar-refractivity contribution is -0.144. The van der Waals surface area contributed by atoms with E-state index < -0.39 is 29.8 Å². The van der Waals surface area contributed by atoms with Crippen LogP contribution in [0.3, 0.4) is 0 Å². The fraction of sp³-hybridized carbons (Fsp3) is 0.410. The van der Waals surface area contributed by atoms with Crippen LogP contribution in [-0.2, 0) is 20.7 Å². The number of benzene rings is 2. The summed E-state index contributed by atoms with van der Waals surface area (Å²) in [6, 6.07) is 7.54. The van der Waals surface area contributed by atoms with Crippen LogP contribution in [0.1, 0.15) is 103 Å². The maximum absolute atomic E-state index is 16.6. The van der Waals surface area contributed by atoms with Gasteiger partial charge in [0.25, 0.3) is 5.56 Å². The van der Waals surface area contributed by atoms with Crippen LogP contribution in [0.15, 0.2) is 71.1 Å². The van der Waals surface area contributed by atoms with Crippen molar-refractivity contribution >= 4 is 27.8 Å². The van der Waals surface area contributed by atoms with Crippen molar-refractivity contribution in [2.24, 2.45) is 0 Å². The Bertz CT molecular complexity index is 1710. The van der Waals surface area contributed by atoms with Gasteiger partial charge >= 0.3 is 5.97 Å². The number of amides is 1. The molecule has 0 saturated heterocycles. The summed E-state index contributed by atoms with van der Waals surface area (Å²) in [5.41, 5.74) is 6.57. The molecule has 0 unspecified atom stereocenters. The number of nitrogens with one attached hydrogen (secondary N) is 1. The molecule has 250 valence electrons. The highest BCUT2D eigenvalue weighted by Crippen LogP contribution is 2.45. The molecule has 1 aliphatic carbocycles. The molecule has 6 nitrogen and oxygen atoms in total. The van der Waals surface area contributed by atoms with Gasteiger partial charge in [0, 0.05) is 22.3 Å². The first-order valence-corrected chi connectivity index (χ1v) is 17.3. The molecule has 4 rings (SSSR count). The van der Waals surface area contributed by atoms with E-state index in [9.17, 15) is 14.4 Å². The largest absolute Gasteiger partial charge is 0.466 e. The van der Waals surface area contributed by atoms with Gasteiger partial charge in [-0.1, -0.05) is 29.8 Å². The van der Waals surface area contributed by atoms with Gasteiger partial charge in [0.05, 0.1) is 19.1 Å². The van der Waals surface area contributed by atoms with Crippen molar-refractivity contribution in [3.05, 3.63) is 116 Å². The molecule has 3 aromatic rings. The smallest absolute Gasteiger partial charge is 0.308 e. The van der Waals surface area contributed by atoms with E-state index in [1.54, 1.807) is 32.2 Å². The lowest BCUT2D eigenvalue weighted by Crippen LogP contribution is -2.39. The van der Waals surface area contributed by atoms with E-state index in [0.717, 1.165) is 66.3 Å². The summed E-state index contributed by atoms with van der Waals surface area (Å²) in [6.07, 6.45) is 10.5. The Kier molecular flexibility index (Phi) is 12.6. The third-order valence-corrected chi connectivity index (χ3v) is 9.55. The second kappa shape index (κ2) is 16.4. The van der Waals surface area contributed by atoms with E-state index in [4.69, 9.17) is 4.74 Å². The zero-order chi connectivity index (χ0) is 34.2. The lowest BCUT2D eigenvalue weighted by atomic mass is 9.86. The number of nitrogens with zero attached hydrogens (tertiary/aromatic N) is 1. The monoisotopic (exact) mass is 704 g/mol. The summed E-state index contributed by atoms with van der Waals surface area (Å²) >= 11 is 3.46. The number of unbranched alkanes of at least 4 members (excludes halogenated alkanes) is 2. The maximum atomic E-state index is 16.6. The Balaban J connectivity index is 1.84. The van der Waals surface area contributed by atoms with E-state index in [0.29, 0.717) is 10.0 Å². The minimum absolute atomic E-state index is 0.0754. The van der Waals surface area contributed by atoms with Crippen LogP contribution in [0.5, 0.6) is 0 Å². The highest BCUT2D eigenvalue weighted by Gasteiger charge is 2.33. The molecule has 1 amide bonds. The van der Waals surface area contributed by atoms with Crippen molar-refractivity contribution in [2.75, 3.05) is 6.61 Å². The van der Waals surface area contributed by atoms with Crippen molar-refractivity contribution in [1.29, 1.82) is 0 Å². The Morgan fingerprint density at radius 3 is 2.49 bits per heavy atom. The number of rotatable bonds is 16. The predicted octanol–water partition coefficient (Wildman–Crippen LogP) is 9.05. The van der Waals surface area contributed by atoms with E-state index in [1.807, 2.05) is 12.1 Å². The fourth-order valence-corrected chi connectivity index (χ4v) is 6.62. The Morgan fingerprint density at radius 2 is 1.83 bits per heavy atom. The Hall–Kier alpha value is -3.78. The van der Waals surface area contributed by atoms with Gasteiger partial charge in [-0.05, 0) is 140 Å². The summed E-state index contributed by atoms with van der Waals surface area (Å²) in [5.74, 6) is -1.42. The van der Waals surface area contributed by atoms with E-state index >= 15 is 4.39 Å². The molecule has 1 saturated carbocycles. The fourth-order valence-electron chi connectivity index (χ4n) is 6.29. The summed E-state index contributed by atoms with van der Waals surface area (Å²) in [4.78, 5) is 40.0. The first-order valence-electron chi connectivity index (χ1n) is 16.5. The number of carbonyl (C=O) groups excluding carboxylic acids is 2. The number of aromatic nitrogens is 1. The molecule has 1 aromatic heterocycles. The molecule has 1 heterocycles. The molecule has 0 bridgehead atoms. The molecule has 1 N–H and O–H groups in total. The van der Waals surface area contributed by atoms with E-state index in [1.165, 1.54) is 16.2 Å².